The van der Waals surface area contributed by atoms with Crippen LogP contribution in [0.1, 0.15) is 17.5 Å². The van der Waals surface area contributed by atoms with Crippen molar-refractivity contribution < 1.29 is 18.7 Å². The molecule has 0 unspecified atom stereocenters. The van der Waals surface area contributed by atoms with E-state index in [1.54, 1.807) is 13.0 Å². The summed E-state index contributed by atoms with van der Waals surface area (Å²) in [5.41, 5.74) is 0. The molecular weight excluding hydrogens is 160 g/mol. The van der Waals surface area contributed by atoms with Crippen LogP contribution >= 0.6 is 0 Å². The van der Waals surface area contributed by atoms with Crippen molar-refractivity contribution in [3.8, 4) is 5.95 Å². The normalized spacial score (nSPS) is 9.50. The van der Waals surface area contributed by atoms with Crippen molar-refractivity contribution >= 4 is 5.97 Å². The fourth-order valence-corrected chi connectivity index (χ4v) is 0.742. The van der Waals surface area contributed by atoms with Gasteiger partial charge in [-0.3, -0.25) is 0 Å². The number of ether oxygens (including phenoxy) is 2. The van der Waals surface area contributed by atoms with E-state index in [1.807, 2.05) is 0 Å². The molecule has 0 bridgehead atoms. The number of hydrogen-bond donors (Lipinski definition) is 0. The third kappa shape index (κ3) is 1.78. The lowest BCUT2D eigenvalue weighted by Crippen LogP contribution is -2.02. The third-order valence-corrected chi connectivity index (χ3v) is 1.26. The molecule has 1 heterocycles. The van der Waals surface area contributed by atoms with Gasteiger partial charge in [-0.1, -0.05) is 0 Å². The summed E-state index contributed by atoms with van der Waals surface area (Å²) in [7, 11) is 1.47. The van der Waals surface area contributed by atoms with Gasteiger partial charge >= 0.3 is 5.97 Å². The van der Waals surface area contributed by atoms with Gasteiger partial charge in [-0.2, -0.15) is 0 Å². The number of methoxy groups -OCH3 is 1. The molecule has 0 radical (unpaired) electrons. The van der Waals surface area contributed by atoms with Crippen LogP contribution in [0, 0.1) is 0 Å². The minimum Gasteiger partial charge on any atom is -0.468 e. The number of esters is 1. The topological polar surface area (TPSA) is 48.7 Å². The Balaban J connectivity index is 2.68. The maximum atomic E-state index is 11.0. The Hall–Kier alpha value is -1.45. The molecule has 0 aromatic carbocycles. The van der Waals surface area contributed by atoms with Crippen LogP contribution in [0.25, 0.3) is 0 Å². The van der Waals surface area contributed by atoms with Gasteiger partial charge in [0.25, 0.3) is 5.95 Å². The van der Waals surface area contributed by atoms with Crippen molar-refractivity contribution in [3.63, 3.8) is 0 Å². The minimum absolute atomic E-state index is 0.161. The molecule has 0 spiro atoms. The summed E-state index contributed by atoms with van der Waals surface area (Å²) in [6, 6.07) is 3.07. The van der Waals surface area contributed by atoms with E-state index in [4.69, 9.17) is 13.9 Å². The molecule has 12 heavy (non-hydrogen) atoms. The van der Waals surface area contributed by atoms with Gasteiger partial charge in [-0.25, -0.2) is 4.79 Å². The fraction of sp³-hybridized carbons (Fsp3) is 0.375. The molecule has 4 heteroatoms. The van der Waals surface area contributed by atoms with Crippen LogP contribution in [0.2, 0.25) is 0 Å². The van der Waals surface area contributed by atoms with Gasteiger partial charge in [0.15, 0.2) is 0 Å². The lowest BCUT2D eigenvalue weighted by atomic mass is 10.4. The Morgan fingerprint density at radius 3 is 2.83 bits per heavy atom. The lowest BCUT2D eigenvalue weighted by molar-refractivity contribution is 0.0484. The zero-order chi connectivity index (χ0) is 8.97. The summed E-state index contributed by atoms with van der Waals surface area (Å²) < 4.78 is 14.4. The summed E-state index contributed by atoms with van der Waals surface area (Å²) in [5.74, 6) is -0.00690. The average molecular weight is 170 g/mol. The van der Waals surface area contributed by atoms with E-state index in [2.05, 4.69) is 0 Å². The van der Waals surface area contributed by atoms with Gasteiger partial charge in [0.05, 0.1) is 13.7 Å². The van der Waals surface area contributed by atoms with Gasteiger partial charge in [0.1, 0.15) is 0 Å². The highest BCUT2D eigenvalue weighted by Gasteiger charge is 2.11. The molecule has 66 valence electrons. The molecule has 0 amide bonds. The second kappa shape index (κ2) is 3.80. The zero-order valence-corrected chi connectivity index (χ0v) is 6.99. The Bertz CT molecular complexity index is 264. The molecular formula is C8H10O4. The summed E-state index contributed by atoms with van der Waals surface area (Å²) in [6.45, 7) is 2.07. The maximum Gasteiger partial charge on any atom is 0.374 e. The average Bonchev–Trinajstić information content (AvgIpc) is 2.52. The van der Waals surface area contributed by atoms with E-state index >= 15 is 0 Å². The molecule has 0 aliphatic rings. The standard InChI is InChI=1S/C8H10O4/c1-3-11-8(9)6-4-5-7(10-2)12-6/h4-5H,3H2,1-2H3. The van der Waals surface area contributed by atoms with Gasteiger partial charge in [0, 0.05) is 6.07 Å². The fourth-order valence-electron chi connectivity index (χ4n) is 0.742. The van der Waals surface area contributed by atoms with Crippen molar-refractivity contribution in [3.05, 3.63) is 17.9 Å². The predicted molar refractivity (Wildman–Crippen MR) is 41.2 cm³/mol. The molecule has 1 aromatic heterocycles. The number of carbonyl (C=O) groups excluding carboxylic acids is 1. The maximum absolute atomic E-state index is 11.0. The Kier molecular flexibility index (Phi) is 2.74. The van der Waals surface area contributed by atoms with Gasteiger partial charge in [-0.05, 0) is 13.0 Å². The molecule has 0 atom stereocenters. The Labute approximate surface area is 70.1 Å². The highest BCUT2D eigenvalue weighted by atomic mass is 16.6. The molecule has 0 N–H and O–H groups in total. The lowest BCUT2D eigenvalue weighted by Gasteiger charge is -1.96. The first kappa shape index (κ1) is 8.64. The van der Waals surface area contributed by atoms with Gasteiger partial charge in [0.2, 0.25) is 5.76 Å². The molecule has 0 aliphatic carbocycles. The first-order valence-electron chi connectivity index (χ1n) is 3.59. The van der Waals surface area contributed by atoms with Crippen molar-refractivity contribution in [2.45, 2.75) is 6.92 Å². The largest absolute Gasteiger partial charge is 0.468 e. The monoisotopic (exact) mass is 170 g/mol. The SMILES string of the molecule is CCOC(=O)c1ccc(OC)o1. The quantitative estimate of drug-likeness (QED) is 0.644. The van der Waals surface area contributed by atoms with Crippen LogP contribution in [0.4, 0.5) is 0 Å². The summed E-state index contributed by atoms with van der Waals surface area (Å²) in [4.78, 5) is 11.0. The van der Waals surface area contributed by atoms with Crippen LogP contribution in [0.15, 0.2) is 16.5 Å². The highest BCUT2D eigenvalue weighted by Crippen LogP contribution is 2.15. The minimum atomic E-state index is -0.471. The van der Waals surface area contributed by atoms with Crippen LogP contribution < -0.4 is 4.74 Å². The van der Waals surface area contributed by atoms with Crippen LogP contribution in [-0.4, -0.2) is 19.7 Å². The van der Waals surface area contributed by atoms with E-state index in [0.717, 1.165) is 0 Å². The van der Waals surface area contributed by atoms with E-state index in [9.17, 15) is 4.79 Å². The predicted octanol–water partition coefficient (Wildman–Crippen LogP) is 1.46. The van der Waals surface area contributed by atoms with Crippen LogP contribution in [0.3, 0.4) is 0 Å². The van der Waals surface area contributed by atoms with Crippen LogP contribution in [-0.2, 0) is 4.74 Å². The molecule has 1 aromatic rings. The molecule has 0 aliphatic heterocycles. The van der Waals surface area contributed by atoms with Crippen molar-refractivity contribution in [2.75, 3.05) is 13.7 Å². The number of rotatable bonds is 3. The molecule has 0 fully saturated rings. The molecule has 1 rings (SSSR count). The first-order valence-corrected chi connectivity index (χ1v) is 3.59. The summed E-state index contributed by atoms with van der Waals surface area (Å²) in [6.07, 6.45) is 0. The zero-order valence-electron chi connectivity index (χ0n) is 6.99. The highest BCUT2D eigenvalue weighted by molar-refractivity contribution is 5.86. The molecule has 4 nitrogen and oxygen atoms in total. The first-order chi connectivity index (χ1) is 5.77. The van der Waals surface area contributed by atoms with E-state index < -0.39 is 5.97 Å². The second-order valence-electron chi connectivity index (χ2n) is 2.04. The van der Waals surface area contributed by atoms with E-state index in [-0.39, 0.29) is 5.76 Å². The number of furan rings is 1. The van der Waals surface area contributed by atoms with Gasteiger partial charge in [-0.15, -0.1) is 0 Å². The summed E-state index contributed by atoms with van der Waals surface area (Å²) >= 11 is 0. The van der Waals surface area contributed by atoms with Crippen molar-refractivity contribution in [2.24, 2.45) is 0 Å². The smallest absolute Gasteiger partial charge is 0.374 e. The molecule has 0 saturated heterocycles. The number of carbonyl (C=O) groups is 1. The number of hydrogen-bond acceptors (Lipinski definition) is 4. The molecule has 0 saturated carbocycles. The third-order valence-electron chi connectivity index (χ3n) is 1.26. The Morgan fingerprint density at radius 2 is 2.33 bits per heavy atom. The van der Waals surface area contributed by atoms with Crippen molar-refractivity contribution in [1.82, 2.24) is 0 Å². The van der Waals surface area contributed by atoms with Crippen LogP contribution in [0.5, 0.6) is 5.95 Å². The van der Waals surface area contributed by atoms with E-state index in [0.29, 0.717) is 12.6 Å². The van der Waals surface area contributed by atoms with Crippen molar-refractivity contribution in [1.29, 1.82) is 0 Å². The Morgan fingerprint density at radius 1 is 1.58 bits per heavy atom. The second-order valence-corrected chi connectivity index (χ2v) is 2.04. The van der Waals surface area contributed by atoms with E-state index in [1.165, 1.54) is 13.2 Å². The van der Waals surface area contributed by atoms with Gasteiger partial charge < -0.3 is 13.9 Å². The summed E-state index contributed by atoms with van der Waals surface area (Å²) in [5, 5.41) is 0.